The Bertz CT molecular complexity index is 856. The highest BCUT2D eigenvalue weighted by Crippen LogP contribution is 2.27. The lowest BCUT2D eigenvalue weighted by Crippen LogP contribution is -2.46. The van der Waals surface area contributed by atoms with Gasteiger partial charge in [0, 0.05) is 25.3 Å². The molecule has 2 aromatic carbocycles. The smallest absolute Gasteiger partial charge is 0.246 e. The van der Waals surface area contributed by atoms with Gasteiger partial charge in [-0.1, -0.05) is 24.3 Å². The van der Waals surface area contributed by atoms with Crippen LogP contribution < -0.4 is 20.3 Å². The second-order valence-electron chi connectivity index (χ2n) is 6.62. The number of hydrogen-bond donors (Lipinski definition) is 2. The molecule has 0 radical (unpaired) electrons. The fourth-order valence-electron chi connectivity index (χ4n) is 3.13. The van der Waals surface area contributed by atoms with Crippen molar-refractivity contribution >= 4 is 17.6 Å². The van der Waals surface area contributed by atoms with Crippen molar-refractivity contribution in [1.82, 2.24) is 10.6 Å². The molecule has 0 saturated heterocycles. The normalized spacial score (nSPS) is 14.4. The quantitative estimate of drug-likeness (QED) is 0.593. The van der Waals surface area contributed by atoms with Crippen molar-refractivity contribution in [3.63, 3.8) is 0 Å². The lowest BCUT2D eigenvalue weighted by molar-refractivity contribution is -0.117. The first kappa shape index (κ1) is 19.7. The third-order valence-electron chi connectivity index (χ3n) is 4.51. The first-order valence-electron chi connectivity index (χ1n) is 9.32. The second-order valence-corrected chi connectivity index (χ2v) is 6.62. The summed E-state index contributed by atoms with van der Waals surface area (Å²) >= 11 is 0. The molecule has 0 spiro atoms. The van der Waals surface area contributed by atoms with E-state index in [2.05, 4.69) is 21.7 Å². The number of para-hydroxylation sites is 1. The zero-order valence-corrected chi connectivity index (χ0v) is 16.1. The summed E-state index contributed by atoms with van der Waals surface area (Å²) in [6, 6.07) is 14.0. The van der Waals surface area contributed by atoms with E-state index >= 15 is 0 Å². The molecule has 2 aromatic rings. The van der Waals surface area contributed by atoms with Crippen molar-refractivity contribution in [3.05, 3.63) is 59.9 Å². The van der Waals surface area contributed by atoms with Crippen LogP contribution in [0.15, 0.2) is 53.5 Å². The second kappa shape index (κ2) is 9.21. The van der Waals surface area contributed by atoms with E-state index in [-0.39, 0.29) is 24.4 Å². The van der Waals surface area contributed by atoms with Gasteiger partial charge in [-0.25, -0.2) is 4.39 Å². The summed E-state index contributed by atoms with van der Waals surface area (Å²) < 4.78 is 18.9. The van der Waals surface area contributed by atoms with E-state index in [1.807, 2.05) is 25.1 Å². The lowest BCUT2D eigenvalue weighted by Gasteiger charge is -2.20. The molecule has 0 aromatic heterocycles. The number of anilines is 1. The maximum absolute atomic E-state index is 13.2. The van der Waals surface area contributed by atoms with Gasteiger partial charge in [0.2, 0.25) is 5.91 Å². The number of ether oxygens (including phenoxy) is 1. The summed E-state index contributed by atoms with van der Waals surface area (Å²) in [6.07, 6.45) is 0.672. The van der Waals surface area contributed by atoms with Crippen molar-refractivity contribution in [3.8, 4) is 5.75 Å². The Morgan fingerprint density at radius 3 is 2.86 bits per heavy atom. The summed E-state index contributed by atoms with van der Waals surface area (Å²) in [6.45, 7) is 3.17. The van der Waals surface area contributed by atoms with Gasteiger partial charge in [-0.3, -0.25) is 9.79 Å². The Hall–Kier alpha value is -3.09. The number of nitrogens with one attached hydrogen (secondary N) is 2. The zero-order chi connectivity index (χ0) is 19.9. The van der Waals surface area contributed by atoms with Gasteiger partial charge in [-0.05, 0) is 37.1 Å². The van der Waals surface area contributed by atoms with Crippen LogP contribution in [0.3, 0.4) is 0 Å². The largest absolute Gasteiger partial charge is 0.489 e. The predicted octanol–water partition coefficient (Wildman–Crippen LogP) is 2.35. The fourth-order valence-corrected chi connectivity index (χ4v) is 3.13. The molecule has 6 nitrogen and oxygen atoms in total. The summed E-state index contributed by atoms with van der Waals surface area (Å²) in [5.41, 5.74) is 2.18. The van der Waals surface area contributed by atoms with E-state index in [1.165, 1.54) is 17.7 Å². The van der Waals surface area contributed by atoms with E-state index in [4.69, 9.17) is 4.74 Å². The Morgan fingerprint density at radius 2 is 2.07 bits per heavy atom. The first-order valence-corrected chi connectivity index (χ1v) is 9.32. The molecule has 148 valence electrons. The van der Waals surface area contributed by atoms with E-state index in [9.17, 15) is 9.18 Å². The van der Waals surface area contributed by atoms with Crippen LogP contribution in [-0.2, 0) is 11.2 Å². The van der Waals surface area contributed by atoms with Crippen LogP contribution in [0.2, 0.25) is 0 Å². The molecule has 28 heavy (non-hydrogen) atoms. The van der Waals surface area contributed by atoms with Crippen LogP contribution in [0.1, 0.15) is 12.5 Å². The van der Waals surface area contributed by atoms with Gasteiger partial charge >= 0.3 is 0 Å². The molecular formula is C21H25FN4O2. The number of amides is 1. The lowest BCUT2D eigenvalue weighted by atomic mass is 10.2. The van der Waals surface area contributed by atoms with E-state index in [1.54, 1.807) is 24.1 Å². The Labute approximate surface area is 164 Å². The number of fused-ring (bicyclic) bond motifs is 1. The zero-order valence-electron chi connectivity index (χ0n) is 16.1. The summed E-state index contributed by atoms with van der Waals surface area (Å²) in [5, 5.41) is 6.16. The minimum absolute atomic E-state index is 0.00282. The molecule has 0 fully saturated rings. The molecule has 1 heterocycles. The van der Waals surface area contributed by atoms with E-state index in [0.29, 0.717) is 24.8 Å². The van der Waals surface area contributed by atoms with Crippen LogP contribution in [0.4, 0.5) is 10.1 Å². The van der Waals surface area contributed by atoms with E-state index < -0.39 is 0 Å². The van der Waals surface area contributed by atoms with Crippen LogP contribution in [0, 0.1) is 5.82 Å². The summed E-state index contributed by atoms with van der Waals surface area (Å²) in [5.74, 6) is 0.643. The maximum atomic E-state index is 13.2. The topological polar surface area (TPSA) is 66.0 Å². The van der Waals surface area contributed by atoms with Crippen molar-refractivity contribution in [1.29, 1.82) is 0 Å². The number of benzene rings is 2. The summed E-state index contributed by atoms with van der Waals surface area (Å²) in [7, 11) is 1.64. The number of carbonyl (C=O) groups is 1. The van der Waals surface area contributed by atoms with Crippen molar-refractivity contribution in [2.24, 2.45) is 4.99 Å². The predicted molar refractivity (Wildman–Crippen MR) is 108 cm³/mol. The number of hydrogen-bond acceptors (Lipinski definition) is 3. The SMILES string of the molecule is CN=C(NCC(=O)N1CCc2ccccc21)NCC(C)Oc1cccc(F)c1. The highest BCUT2D eigenvalue weighted by Gasteiger charge is 2.23. The third-order valence-corrected chi connectivity index (χ3v) is 4.51. The molecule has 0 aliphatic carbocycles. The average molecular weight is 384 g/mol. The number of halogens is 1. The molecule has 0 bridgehead atoms. The van der Waals surface area contributed by atoms with Crippen LogP contribution in [-0.4, -0.2) is 44.7 Å². The van der Waals surface area contributed by atoms with Gasteiger partial charge in [-0.2, -0.15) is 0 Å². The van der Waals surface area contributed by atoms with Crippen LogP contribution >= 0.6 is 0 Å². The molecule has 0 saturated carbocycles. The average Bonchev–Trinajstić information content (AvgIpc) is 3.12. The molecule has 1 aliphatic rings. The van der Waals surface area contributed by atoms with Crippen molar-refractivity contribution in [2.45, 2.75) is 19.4 Å². The molecule has 3 rings (SSSR count). The molecule has 2 N–H and O–H groups in total. The van der Waals surface area contributed by atoms with Gasteiger partial charge in [0.15, 0.2) is 5.96 Å². The Morgan fingerprint density at radius 1 is 1.25 bits per heavy atom. The molecule has 1 amide bonds. The minimum Gasteiger partial charge on any atom is -0.489 e. The highest BCUT2D eigenvalue weighted by molar-refractivity contribution is 5.98. The molecule has 7 heteroatoms. The number of guanidine groups is 1. The van der Waals surface area contributed by atoms with Gasteiger partial charge in [0.1, 0.15) is 17.7 Å². The molecule has 1 atom stereocenters. The maximum Gasteiger partial charge on any atom is 0.246 e. The van der Waals surface area contributed by atoms with E-state index in [0.717, 1.165) is 12.1 Å². The first-order chi connectivity index (χ1) is 13.6. The number of aliphatic imine (C=N–C) groups is 1. The number of nitrogens with zero attached hydrogens (tertiary/aromatic N) is 2. The number of rotatable bonds is 6. The standard InChI is InChI=1S/C21H25FN4O2/c1-15(28-18-8-5-7-17(22)12-18)13-24-21(23-2)25-14-20(27)26-11-10-16-6-3-4-9-19(16)26/h3-9,12,15H,10-11,13-14H2,1-2H3,(H2,23,24,25). The molecule has 1 unspecified atom stereocenters. The van der Waals surface area contributed by atoms with Gasteiger partial charge in [0.25, 0.3) is 0 Å². The summed E-state index contributed by atoms with van der Waals surface area (Å²) in [4.78, 5) is 18.5. The third kappa shape index (κ3) is 5.00. The van der Waals surface area contributed by atoms with Crippen LogP contribution in [0.25, 0.3) is 0 Å². The Kier molecular flexibility index (Phi) is 6.47. The number of carbonyl (C=O) groups excluding carboxylic acids is 1. The van der Waals surface area contributed by atoms with Crippen molar-refractivity contribution in [2.75, 3.05) is 31.6 Å². The van der Waals surface area contributed by atoms with Gasteiger partial charge < -0.3 is 20.3 Å². The van der Waals surface area contributed by atoms with Crippen LogP contribution in [0.5, 0.6) is 5.75 Å². The molecule has 1 aliphatic heterocycles. The van der Waals surface area contributed by atoms with Gasteiger partial charge in [-0.15, -0.1) is 0 Å². The Balaban J connectivity index is 1.45. The monoisotopic (exact) mass is 384 g/mol. The fraction of sp³-hybridized carbons (Fsp3) is 0.333. The van der Waals surface area contributed by atoms with Gasteiger partial charge in [0.05, 0.1) is 13.1 Å². The highest BCUT2D eigenvalue weighted by atomic mass is 19.1. The minimum atomic E-state index is -0.336. The van der Waals surface area contributed by atoms with Crippen molar-refractivity contribution < 1.29 is 13.9 Å². The molecular weight excluding hydrogens is 359 g/mol.